The van der Waals surface area contributed by atoms with Gasteiger partial charge in [0.05, 0.1) is 74.3 Å². The lowest BCUT2D eigenvalue weighted by molar-refractivity contribution is 0.431. The number of pyridine rings is 2. The van der Waals surface area contributed by atoms with Crippen molar-refractivity contribution in [2.24, 2.45) is 0 Å². The van der Waals surface area contributed by atoms with Gasteiger partial charge < -0.3 is 56.8 Å². The molecule has 0 aliphatic carbocycles. The van der Waals surface area contributed by atoms with Gasteiger partial charge >= 0.3 is 0 Å². The second-order valence-electron chi connectivity index (χ2n) is 30.9. The summed E-state index contributed by atoms with van der Waals surface area (Å²) >= 11 is 5.33. The van der Waals surface area contributed by atoms with Gasteiger partial charge in [0.1, 0.15) is 69.0 Å². The van der Waals surface area contributed by atoms with Gasteiger partial charge in [-0.3, -0.25) is 14.5 Å². The van der Waals surface area contributed by atoms with E-state index < -0.39 is 5.41 Å². The number of ether oxygens (including phenoxy) is 12. The second kappa shape index (κ2) is 44.2. The van der Waals surface area contributed by atoms with Crippen LogP contribution in [0.25, 0.3) is 29.1 Å². The van der Waals surface area contributed by atoms with Crippen LogP contribution in [0.1, 0.15) is 90.8 Å². The zero-order chi connectivity index (χ0) is 96.0. The molecule has 0 radical (unpaired) electrons. The number of rotatable bonds is 28. The average Bonchev–Trinajstić information content (AvgIpc) is 0.825. The summed E-state index contributed by atoms with van der Waals surface area (Å²) in [6.45, 7) is 57.7. The fourth-order valence-electron chi connectivity index (χ4n) is 13.4. The number of benzene rings is 11. The predicted octanol–water partition coefficient (Wildman–Crippen LogP) is 34.7. The molecule has 0 amide bonds. The largest absolute Gasteiger partial charge is 0.459 e. The van der Waals surface area contributed by atoms with Crippen molar-refractivity contribution in [3.8, 4) is 151 Å². The molecule has 23 nitrogen and oxygen atoms in total. The summed E-state index contributed by atoms with van der Waals surface area (Å²) in [5, 5.41) is 32.9. The molecule has 0 bridgehead atoms. The standard InChI is InChI=1S/C50H39N3O4S.C30H17N5O4S.C30H17N3O4S2.CH4/c1-33-20-21-43(26-34(33)32-51)54-39-16-8-12-35(27-39)49(2,3)37-14-10-18-41(29-37)56-47-24-25-48(58-47)57-42-19-11-15-38(30-42)50(4,5)36-13-9-17-40(28-36)55-44-22-23-45(52-6)46(31-44)53-7;1-19-10-11-21(16-20(19)18-31)36-25-6-4-8-27(34-25)38-29-14-15-30(40-29)39-28-9-5-7-26(35-28)37-22-12-13-23(32-2)24(17-22)33-3;1-19-7-8-23(15-20(19)18-31)36-29-13-11-27(38-29)34-21-5-4-6-22(16-21)35-28-12-14-30(39-28)37-24-9-10-25(32-2)26(17-24)33-3;/h8-31H,1-5H3;4-17H,1H3;4-17H,1H3;1H4. The van der Waals surface area contributed by atoms with Gasteiger partial charge in [-0.05, 0) is 242 Å². The Morgan fingerprint density at radius 1 is 0.232 bits per heavy atom. The molecule has 11 aromatic carbocycles. The molecule has 0 spiro atoms. The number of nitriles is 3. The Balaban J connectivity index is 0.000000169. The molecule has 0 aliphatic heterocycles. The molecule has 27 heteroatoms. The van der Waals surface area contributed by atoms with Crippen LogP contribution in [0.4, 0.5) is 34.1 Å². The van der Waals surface area contributed by atoms with E-state index in [0.717, 1.165) is 44.7 Å². The maximum Gasteiger partial charge on any atom is 0.223 e. The van der Waals surface area contributed by atoms with E-state index in [2.05, 4.69) is 121 Å². The molecule has 672 valence electrons. The lowest BCUT2D eigenvalue weighted by Gasteiger charge is -2.27. The van der Waals surface area contributed by atoms with Crippen molar-refractivity contribution in [1.82, 2.24) is 9.97 Å². The number of hydrogen-bond donors (Lipinski definition) is 0. The average molecular weight is 1890 g/mol. The van der Waals surface area contributed by atoms with Gasteiger partial charge in [0.2, 0.25) is 23.5 Å². The zero-order valence-electron chi connectivity index (χ0n) is 74.0. The van der Waals surface area contributed by atoms with Crippen LogP contribution >= 0.6 is 45.3 Å². The van der Waals surface area contributed by atoms with Crippen LogP contribution in [0.2, 0.25) is 0 Å². The first-order chi connectivity index (χ1) is 66.5. The first kappa shape index (κ1) is 95.6. The quantitative estimate of drug-likeness (QED) is 0.0415. The van der Waals surface area contributed by atoms with Gasteiger partial charge in [0.15, 0.2) is 74.6 Å². The predicted molar refractivity (Wildman–Crippen MR) is 534 cm³/mol. The second-order valence-corrected chi connectivity index (χ2v) is 34.9. The maximum atomic E-state index is 9.45. The molecule has 0 fully saturated rings. The van der Waals surface area contributed by atoms with Gasteiger partial charge in [-0.25, -0.2) is 14.5 Å². The lowest BCUT2D eigenvalue weighted by Crippen LogP contribution is -2.18. The first-order valence-electron chi connectivity index (χ1n) is 41.7. The van der Waals surface area contributed by atoms with Crippen molar-refractivity contribution >= 4 is 79.5 Å². The summed E-state index contributed by atoms with van der Waals surface area (Å²) in [5.41, 5.74) is 9.47. The number of nitrogens with zero attached hydrogens (tertiary/aromatic N) is 11. The van der Waals surface area contributed by atoms with Crippen LogP contribution in [0.5, 0.6) is 133 Å². The van der Waals surface area contributed by atoms with E-state index in [0.29, 0.717) is 149 Å². The number of aryl methyl sites for hydroxylation is 3. The van der Waals surface area contributed by atoms with Crippen molar-refractivity contribution in [2.45, 2.75) is 66.7 Å². The summed E-state index contributed by atoms with van der Waals surface area (Å²) in [6, 6.07) is 101. The molecule has 0 saturated carbocycles. The van der Waals surface area contributed by atoms with Gasteiger partial charge in [-0.1, -0.05) is 184 Å². The van der Waals surface area contributed by atoms with Gasteiger partial charge in [0, 0.05) is 41.2 Å². The Labute approximate surface area is 813 Å². The van der Waals surface area contributed by atoms with E-state index >= 15 is 0 Å². The third-order valence-corrected chi connectivity index (χ3v) is 24.2. The highest BCUT2D eigenvalue weighted by Gasteiger charge is 2.28. The Morgan fingerprint density at radius 3 is 0.732 bits per heavy atom. The van der Waals surface area contributed by atoms with Crippen LogP contribution < -0.4 is 56.8 Å². The maximum absolute atomic E-state index is 9.45. The minimum absolute atomic E-state index is 0. The van der Waals surface area contributed by atoms with E-state index in [-0.39, 0.29) is 41.5 Å². The van der Waals surface area contributed by atoms with Crippen molar-refractivity contribution in [3.05, 3.63) is 440 Å². The highest BCUT2D eigenvalue weighted by Crippen LogP contribution is 2.47. The Kier molecular flexibility index (Phi) is 30.6. The van der Waals surface area contributed by atoms with E-state index in [1.165, 1.54) is 57.5 Å². The lowest BCUT2D eigenvalue weighted by atomic mass is 9.78. The summed E-state index contributed by atoms with van der Waals surface area (Å²) in [7, 11) is 0. The molecule has 17 aromatic rings. The molecule has 138 heavy (non-hydrogen) atoms. The van der Waals surface area contributed by atoms with E-state index in [4.69, 9.17) is 96.3 Å². The third-order valence-electron chi connectivity index (χ3n) is 20.8. The van der Waals surface area contributed by atoms with Crippen LogP contribution in [-0.2, 0) is 10.8 Å². The van der Waals surface area contributed by atoms with E-state index in [9.17, 15) is 15.8 Å². The highest BCUT2D eigenvalue weighted by molar-refractivity contribution is 7.16. The SMILES string of the molecule is C.[C-]#[N+]c1ccc(Oc2ccc(Oc3cccc(Oc4ccc(Oc5ccc(C)c(C#N)c5)s4)c3)s2)cc1[N+]#[C-].[C-]#[N+]c1ccc(Oc2cccc(C(C)(C)c3cccc(Oc4ccc(Oc5cccc(C(C)(C)c6cccc(Oc7ccc(C)c(C#N)c7)c6)c5)s4)c3)c2)cc1[N+]#[C-].[C-]#[N+]c1ccc(Oc2cccc(Oc3ccc(Oc4cccc(Oc5ccc(C)c(C#N)c5)n4)s3)n2)cc1[N+]#[C-]. The fourth-order valence-corrected chi connectivity index (χ4v) is 16.4. The first-order valence-corrected chi connectivity index (χ1v) is 45.0. The number of hydrogen-bond acceptors (Lipinski definition) is 21. The normalized spacial score (nSPS) is 10.4. The van der Waals surface area contributed by atoms with Crippen LogP contribution in [0.15, 0.2) is 315 Å². The van der Waals surface area contributed by atoms with Crippen LogP contribution in [-0.4, -0.2) is 9.97 Å². The third kappa shape index (κ3) is 24.4. The van der Waals surface area contributed by atoms with Gasteiger partial charge in [0.25, 0.3) is 0 Å². The van der Waals surface area contributed by atoms with Crippen molar-refractivity contribution in [1.29, 1.82) is 15.8 Å². The summed E-state index contributed by atoms with van der Waals surface area (Å²) in [5.74, 6) is 8.27. The Hall–Kier alpha value is -18.5. The van der Waals surface area contributed by atoms with E-state index in [1.54, 1.807) is 133 Å². The smallest absolute Gasteiger partial charge is 0.223 e. The summed E-state index contributed by atoms with van der Waals surface area (Å²) < 4.78 is 72.1. The molecule has 0 unspecified atom stereocenters. The fraction of sp³-hybridized carbons (Fsp3) is 0.0901. The summed E-state index contributed by atoms with van der Waals surface area (Å²) in [6.07, 6.45) is 0. The van der Waals surface area contributed by atoms with Crippen molar-refractivity contribution in [2.75, 3.05) is 0 Å². The van der Waals surface area contributed by atoms with Crippen molar-refractivity contribution in [3.63, 3.8) is 0 Å². The molecule has 6 aromatic heterocycles. The molecule has 0 N–H and O–H groups in total. The molecule has 6 heterocycles. The molecular formula is C111H77N11O12S4. The van der Waals surface area contributed by atoms with Gasteiger partial charge in [-0.2, -0.15) is 25.8 Å². The van der Waals surface area contributed by atoms with E-state index in [1.807, 2.05) is 154 Å². The number of aromatic nitrogens is 2. The highest BCUT2D eigenvalue weighted by atomic mass is 32.1. The summed E-state index contributed by atoms with van der Waals surface area (Å²) in [4.78, 5) is 29.0. The molecule has 0 aliphatic rings. The Bertz CT molecular complexity index is 7810. The molecule has 0 saturated heterocycles. The van der Waals surface area contributed by atoms with Crippen molar-refractivity contribution < 1.29 is 56.8 Å². The Morgan fingerprint density at radius 2 is 0.442 bits per heavy atom. The van der Waals surface area contributed by atoms with Gasteiger partial charge in [-0.15, -0.1) is 0 Å². The minimum Gasteiger partial charge on any atom is -0.459 e. The molecular weight excluding hydrogens is 1810 g/mol. The molecule has 17 rings (SSSR count). The van der Waals surface area contributed by atoms with Crippen LogP contribution in [0, 0.1) is 94.2 Å². The minimum atomic E-state index is -0.394. The zero-order valence-corrected chi connectivity index (χ0v) is 77.2. The monoisotopic (exact) mass is 1880 g/mol. The molecule has 0 atom stereocenters. The van der Waals surface area contributed by atoms with Crippen LogP contribution in [0.3, 0.4) is 0 Å². The topological polar surface area (TPSA) is 234 Å². The number of thiophene rings is 4.